The largest absolute Gasteiger partial charge is 0.459 e. The predicted molar refractivity (Wildman–Crippen MR) is 112 cm³/mol. The molecule has 0 bridgehead atoms. The molecule has 5 heteroatoms. The zero-order chi connectivity index (χ0) is 20.9. The van der Waals surface area contributed by atoms with Crippen LogP contribution in [-0.2, 0) is 14.9 Å². The number of benzene rings is 2. The van der Waals surface area contributed by atoms with Crippen molar-refractivity contribution in [3.63, 3.8) is 0 Å². The molecule has 146 valence electrons. The molecule has 1 atom stereocenters. The van der Waals surface area contributed by atoms with Gasteiger partial charge in [-0.05, 0) is 51.8 Å². The number of hydrogen-bond acceptors (Lipinski definition) is 4. The fourth-order valence-corrected chi connectivity index (χ4v) is 3.23. The average Bonchev–Trinajstić information content (AvgIpc) is 2.61. The second-order valence-electron chi connectivity index (χ2n) is 7.82. The van der Waals surface area contributed by atoms with Crippen molar-refractivity contribution in [2.24, 2.45) is 0 Å². The molecule has 0 aliphatic heterocycles. The Morgan fingerprint density at radius 3 is 2.29 bits per heavy atom. The van der Waals surface area contributed by atoms with Gasteiger partial charge in [0.1, 0.15) is 5.60 Å². The normalized spacial score (nSPS) is 13.3. The third kappa shape index (κ3) is 5.30. The van der Waals surface area contributed by atoms with Crippen molar-refractivity contribution in [1.29, 1.82) is 5.26 Å². The number of rotatable bonds is 6. The van der Waals surface area contributed by atoms with Crippen molar-refractivity contribution in [2.75, 3.05) is 0 Å². The van der Waals surface area contributed by atoms with E-state index in [9.17, 15) is 14.9 Å². The SMILES string of the molecule is Cc1ccc(C(=O)CC[C@](C#N)(C(=O)OC(C)(C)C)c2cccc(Br)c2)cc1. The van der Waals surface area contributed by atoms with Crippen LogP contribution in [0.25, 0.3) is 0 Å². The van der Waals surface area contributed by atoms with Crippen LogP contribution in [0.1, 0.15) is 55.1 Å². The summed E-state index contributed by atoms with van der Waals surface area (Å²) in [5, 5.41) is 10.0. The number of nitriles is 1. The molecule has 2 aromatic rings. The summed E-state index contributed by atoms with van der Waals surface area (Å²) in [4.78, 5) is 25.7. The van der Waals surface area contributed by atoms with Gasteiger partial charge in [0.25, 0.3) is 0 Å². The van der Waals surface area contributed by atoms with Crippen LogP contribution in [0, 0.1) is 18.3 Å². The fraction of sp³-hybridized carbons (Fsp3) is 0.348. The molecule has 0 unspecified atom stereocenters. The third-order valence-corrected chi connectivity index (χ3v) is 4.85. The molecule has 0 amide bonds. The minimum absolute atomic E-state index is 0.0432. The lowest BCUT2D eigenvalue weighted by molar-refractivity contribution is -0.160. The number of ether oxygens (including phenoxy) is 1. The second-order valence-corrected chi connectivity index (χ2v) is 8.73. The number of Topliss-reactive ketones (excluding diaryl/α,β-unsaturated/α-hetero) is 1. The molecule has 2 rings (SSSR count). The van der Waals surface area contributed by atoms with Crippen LogP contribution in [0.4, 0.5) is 0 Å². The lowest BCUT2D eigenvalue weighted by Crippen LogP contribution is -2.40. The summed E-state index contributed by atoms with van der Waals surface area (Å²) in [5.74, 6) is -0.754. The molecule has 0 fully saturated rings. The average molecular weight is 442 g/mol. The first-order valence-electron chi connectivity index (χ1n) is 9.08. The topological polar surface area (TPSA) is 67.2 Å². The quantitative estimate of drug-likeness (QED) is 0.436. The molecule has 0 N–H and O–H groups in total. The van der Waals surface area contributed by atoms with Crippen molar-refractivity contribution in [3.05, 3.63) is 69.7 Å². The molecule has 0 radical (unpaired) electrons. The van der Waals surface area contributed by atoms with E-state index >= 15 is 0 Å². The van der Waals surface area contributed by atoms with E-state index in [1.807, 2.05) is 25.1 Å². The molecule has 2 aromatic carbocycles. The van der Waals surface area contributed by atoms with Crippen molar-refractivity contribution >= 4 is 27.7 Å². The monoisotopic (exact) mass is 441 g/mol. The summed E-state index contributed by atoms with van der Waals surface area (Å²) in [6.07, 6.45) is 0.101. The Morgan fingerprint density at radius 2 is 1.75 bits per heavy atom. The number of esters is 1. The highest BCUT2D eigenvalue weighted by Crippen LogP contribution is 2.34. The van der Waals surface area contributed by atoms with Gasteiger partial charge in [0.15, 0.2) is 11.2 Å². The van der Waals surface area contributed by atoms with E-state index in [0.717, 1.165) is 10.0 Å². The zero-order valence-corrected chi connectivity index (χ0v) is 18.2. The van der Waals surface area contributed by atoms with Crippen LogP contribution in [0.15, 0.2) is 53.0 Å². The van der Waals surface area contributed by atoms with Crippen molar-refractivity contribution < 1.29 is 14.3 Å². The molecular formula is C23H24BrNO3. The van der Waals surface area contributed by atoms with E-state index in [2.05, 4.69) is 22.0 Å². The number of carbonyl (C=O) groups is 2. The van der Waals surface area contributed by atoms with Crippen LogP contribution in [0.5, 0.6) is 0 Å². The van der Waals surface area contributed by atoms with E-state index in [0.29, 0.717) is 11.1 Å². The minimum Gasteiger partial charge on any atom is -0.459 e. The van der Waals surface area contributed by atoms with Crippen LogP contribution >= 0.6 is 15.9 Å². The number of nitrogens with zero attached hydrogens (tertiary/aromatic N) is 1. The highest BCUT2D eigenvalue weighted by atomic mass is 79.9. The van der Waals surface area contributed by atoms with Crippen LogP contribution in [0.2, 0.25) is 0 Å². The molecule has 0 saturated heterocycles. The van der Waals surface area contributed by atoms with Crippen LogP contribution < -0.4 is 0 Å². The summed E-state index contributed by atoms with van der Waals surface area (Å²) >= 11 is 3.39. The summed E-state index contributed by atoms with van der Waals surface area (Å²) in [6.45, 7) is 7.22. The van der Waals surface area contributed by atoms with Crippen molar-refractivity contribution in [1.82, 2.24) is 0 Å². The summed E-state index contributed by atoms with van der Waals surface area (Å²) < 4.78 is 6.30. The van der Waals surface area contributed by atoms with E-state index in [-0.39, 0.29) is 18.6 Å². The molecule has 0 spiro atoms. The van der Waals surface area contributed by atoms with Gasteiger partial charge in [0, 0.05) is 16.5 Å². The number of carbonyl (C=O) groups excluding carboxylic acids is 2. The van der Waals surface area contributed by atoms with Gasteiger partial charge in [0.2, 0.25) is 0 Å². The van der Waals surface area contributed by atoms with Gasteiger partial charge in [-0.1, -0.05) is 57.9 Å². The maximum absolute atomic E-state index is 13.0. The number of hydrogen-bond donors (Lipinski definition) is 0. The molecule has 0 aliphatic carbocycles. The predicted octanol–water partition coefficient (Wildman–Crippen LogP) is 5.52. The fourth-order valence-electron chi connectivity index (χ4n) is 2.83. The van der Waals surface area contributed by atoms with Crippen molar-refractivity contribution in [3.8, 4) is 6.07 Å². The summed E-state index contributed by atoms with van der Waals surface area (Å²) in [5.41, 5.74) is -0.166. The van der Waals surface area contributed by atoms with E-state index < -0.39 is 17.0 Å². The zero-order valence-electron chi connectivity index (χ0n) is 16.6. The molecule has 0 saturated carbocycles. The van der Waals surface area contributed by atoms with E-state index in [1.54, 1.807) is 51.1 Å². The Balaban J connectivity index is 2.37. The van der Waals surface area contributed by atoms with Gasteiger partial charge in [-0.15, -0.1) is 0 Å². The third-order valence-electron chi connectivity index (χ3n) is 4.36. The first kappa shape index (κ1) is 21.8. The van der Waals surface area contributed by atoms with Gasteiger partial charge in [-0.25, -0.2) is 4.79 Å². The second kappa shape index (κ2) is 8.70. The van der Waals surface area contributed by atoms with Crippen LogP contribution in [-0.4, -0.2) is 17.4 Å². The first-order chi connectivity index (χ1) is 13.1. The lowest BCUT2D eigenvalue weighted by Gasteiger charge is -2.29. The number of aryl methyl sites for hydroxylation is 1. The molecule has 0 heterocycles. The summed E-state index contributed by atoms with van der Waals surface area (Å²) in [7, 11) is 0. The van der Waals surface area contributed by atoms with Crippen molar-refractivity contribution in [2.45, 2.75) is 51.6 Å². The Hall–Kier alpha value is -2.45. The molecule has 28 heavy (non-hydrogen) atoms. The molecular weight excluding hydrogens is 418 g/mol. The number of halogens is 1. The Labute approximate surface area is 174 Å². The van der Waals surface area contributed by atoms with E-state index in [4.69, 9.17) is 4.74 Å². The lowest BCUT2D eigenvalue weighted by atomic mass is 9.77. The van der Waals surface area contributed by atoms with Gasteiger partial charge in [0.05, 0.1) is 6.07 Å². The first-order valence-corrected chi connectivity index (χ1v) is 9.87. The highest BCUT2D eigenvalue weighted by Gasteiger charge is 2.44. The van der Waals surface area contributed by atoms with Gasteiger partial charge >= 0.3 is 5.97 Å². The molecule has 0 aromatic heterocycles. The van der Waals surface area contributed by atoms with Gasteiger partial charge < -0.3 is 4.74 Å². The minimum atomic E-state index is -1.56. The summed E-state index contributed by atoms with van der Waals surface area (Å²) in [6, 6.07) is 16.4. The maximum Gasteiger partial charge on any atom is 0.331 e. The van der Waals surface area contributed by atoms with Gasteiger partial charge in [-0.2, -0.15) is 5.26 Å². The molecule has 4 nitrogen and oxygen atoms in total. The highest BCUT2D eigenvalue weighted by molar-refractivity contribution is 9.10. The number of ketones is 1. The van der Waals surface area contributed by atoms with Crippen LogP contribution in [0.3, 0.4) is 0 Å². The maximum atomic E-state index is 13.0. The standard InChI is InChI=1S/C23H24BrNO3/c1-16-8-10-17(11-9-16)20(26)12-13-23(15-25,21(27)28-22(2,3)4)18-6-5-7-19(24)14-18/h5-11,14H,12-13H2,1-4H3/t23-/m1/s1. The smallest absolute Gasteiger partial charge is 0.331 e. The Kier molecular flexibility index (Phi) is 6.79. The van der Waals surface area contributed by atoms with E-state index in [1.165, 1.54) is 0 Å². The van der Waals surface area contributed by atoms with Gasteiger partial charge in [-0.3, -0.25) is 4.79 Å². The Morgan fingerprint density at radius 1 is 1.11 bits per heavy atom. The Bertz CT molecular complexity index is 907. The molecule has 0 aliphatic rings.